The number of aliphatic imine (C=N–C) groups is 1. The number of hydrogen-bond donors (Lipinski definition) is 2. The minimum atomic E-state index is 0.690. The van der Waals surface area contributed by atoms with Crippen molar-refractivity contribution in [1.29, 1.82) is 0 Å². The van der Waals surface area contributed by atoms with Crippen LogP contribution in [0.3, 0.4) is 0 Å². The highest BCUT2D eigenvalue weighted by Gasteiger charge is 2.35. The maximum absolute atomic E-state index is 4.78. The van der Waals surface area contributed by atoms with Gasteiger partial charge in [0, 0.05) is 30.5 Å². The molecule has 0 bridgehead atoms. The lowest BCUT2D eigenvalue weighted by Crippen LogP contribution is -2.25. The molecule has 2 fully saturated rings. The molecule has 1 saturated heterocycles. The predicted octanol–water partition coefficient (Wildman–Crippen LogP) is 3.40. The Kier molecular flexibility index (Phi) is 5.01. The third kappa shape index (κ3) is 3.90. The van der Waals surface area contributed by atoms with Crippen molar-refractivity contribution < 1.29 is 0 Å². The van der Waals surface area contributed by atoms with E-state index in [4.69, 9.17) is 4.99 Å². The van der Waals surface area contributed by atoms with Crippen LogP contribution in [0.5, 0.6) is 0 Å². The first-order valence-electron chi connectivity index (χ1n) is 7.95. The summed E-state index contributed by atoms with van der Waals surface area (Å²) in [4.78, 5) is 9.09. The molecule has 1 aromatic rings. The molecule has 21 heavy (non-hydrogen) atoms. The zero-order valence-corrected chi connectivity index (χ0v) is 13.5. The van der Waals surface area contributed by atoms with Crippen LogP contribution in [0.15, 0.2) is 23.3 Å². The molecule has 2 atom stereocenters. The second-order valence-electron chi connectivity index (χ2n) is 5.92. The minimum absolute atomic E-state index is 0.690. The quantitative estimate of drug-likeness (QED) is 0.646. The summed E-state index contributed by atoms with van der Waals surface area (Å²) < 4.78 is 3.45. The van der Waals surface area contributed by atoms with Gasteiger partial charge in [-0.15, -0.1) is 0 Å². The van der Waals surface area contributed by atoms with Gasteiger partial charge in [0.05, 0.1) is 0 Å². The van der Waals surface area contributed by atoms with E-state index in [1.165, 1.54) is 37.1 Å². The van der Waals surface area contributed by atoms with Crippen LogP contribution in [0.4, 0.5) is 5.82 Å². The SMILES string of the molecule is Cc1ccnc(NCCCN=C2NS[C@H]3CCCCC23)c1. The lowest BCUT2D eigenvalue weighted by atomic mass is 9.88. The topological polar surface area (TPSA) is 49.3 Å². The van der Waals surface area contributed by atoms with Gasteiger partial charge in [-0.25, -0.2) is 4.98 Å². The molecule has 3 rings (SSSR count). The summed E-state index contributed by atoms with van der Waals surface area (Å²) in [6.07, 6.45) is 8.31. The Bertz CT molecular complexity index is 503. The first-order valence-corrected chi connectivity index (χ1v) is 8.83. The fraction of sp³-hybridized carbons (Fsp3) is 0.625. The van der Waals surface area contributed by atoms with E-state index in [2.05, 4.69) is 28.0 Å². The van der Waals surface area contributed by atoms with E-state index < -0.39 is 0 Å². The maximum atomic E-state index is 4.78. The van der Waals surface area contributed by atoms with Gasteiger partial charge < -0.3 is 10.0 Å². The van der Waals surface area contributed by atoms with E-state index >= 15 is 0 Å². The summed E-state index contributed by atoms with van der Waals surface area (Å²) in [5.74, 6) is 2.90. The molecule has 114 valence electrons. The molecule has 1 unspecified atom stereocenters. The van der Waals surface area contributed by atoms with Crippen LogP contribution in [0.1, 0.15) is 37.7 Å². The van der Waals surface area contributed by atoms with E-state index in [1.54, 1.807) is 0 Å². The molecule has 0 spiro atoms. The Morgan fingerprint density at radius 1 is 1.43 bits per heavy atom. The summed E-state index contributed by atoms with van der Waals surface area (Å²) in [5.41, 5.74) is 1.24. The highest BCUT2D eigenvalue weighted by molar-refractivity contribution is 7.99. The molecule has 2 aliphatic rings. The van der Waals surface area contributed by atoms with Crippen LogP contribution in [0, 0.1) is 12.8 Å². The van der Waals surface area contributed by atoms with E-state index in [0.717, 1.165) is 30.6 Å². The van der Waals surface area contributed by atoms with Gasteiger partial charge in [0.2, 0.25) is 0 Å². The van der Waals surface area contributed by atoms with Gasteiger partial charge in [0.25, 0.3) is 0 Å². The predicted molar refractivity (Wildman–Crippen MR) is 90.9 cm³/mol. The van der Waals surface area contributed by atoms with Gasteiger partial charge in [-0.05, 0) is 55.8 Å². The van der Waals surface area contributed by atoms with Crippen LogP contribution in [0.2, 0.25) is 0 Å². The van der Waals surface area contributed by atoms with Crippen molar-refractivity contribution in [3.8, 4) is 0 Å². The van der Waals surface area contributed by atoms with Crippen molar-refractivity contribution in [3.63, 3.8) is 0 Å². The number of aryl methyl sites for hydroxylation is 1. The zero-order chi connectivity index (χ0) is 14.5. The number of anilines is 1. The molecule has 0 amide bonds. The lowest BCUT2D eigenvalue weighted by molar-refractivity contribution is 0.456. The smallest absolute Gasteiger partial charge is 0.126 e. The molecular weight excluding hydrogens is 280 g/mol. The van der Waals surface area contributed by atoms with Crippen molar-refractivity contribution in [2.45, 2.75) is 44.3 Å². The number of aromatic nitrogens is 1. The van der Waals surface area contributed by atoms with Crippen molar-refractivity contribution in [3.05, 3.63) is 23.9 Å². The zero-order valence-electron chi connectivity index (χ0n) is 12.6. The lowest BCUT2D eigenvalue weighted by Gasteiger charge is -2.22. The summed E-state index contributed by atoms with van der Waals surface area (Å²) in [6.45, 7) is 3.91. The maximum Gasteiger partial charge on any atom is 0.126 e. The van der Waals surface area contributed by atoms with Crippen LogP contribution >= 0.6 is 11.9 Å². The third-order valence-corrected chi connectivity index (χ3v) is 5.40. The minimum Gasteiger partial charge on any atom is -0.370 e. The normalized spacial score (nSPS) is 26.4. The van der Waals surface area contributed by atoms with Crippen LogP contribution in [-0.4, -0.2) is 29.2 Å². The Morgan fingerprint density at radius 3 is 3.24 bits per heavy atom. The second-order valence-corrected chi connectivity index (χ2v) is 6.96. The number of hydrogen-bond acceptors (Lipinski definition) is 4. The van der Waals surface area contributed by atoms with Crippen molar-refractivity contribution >= 4 is 23.6 Å². The first-order chi connectivity index (χ1) is 10.3. The largest absolute Gasteiger partial charge is 0.370 e. The van der Waals surface area contributed by atoms with E-state index in [0.29, 0.717) is 5.92 Å². The Balaban J connectivity index is 1.41. The average molecular weight is 304 g/mol. The van der Waals surface area contributed by atoms with Crippen LogP contribution in [-0.2, 0) is 0 Å². The van der Waals surface area contributed by atoms with Gasteiger partial charge in [-0.3, -0.25) is 4.99 Å². The summed E-state index contributed by atoms with van der Waals surface area (Å²) >= 11 is 1.89. The van der Waals surface area contributed by atoms with Crippen LogP contribution < -0.4 is 10.0 Å². The van der Waals surface area contributed by atoms with Crippen molar-refractivity contribution in [2.24, 2.45) is 10.9 Å². The number of pyridine rings is 1. The van der Waals surface area contributed by atoms with Crippen molar-refractivity contribution in [2.75, 3.05) is 18.4 Å². The summed E-state index contributed by atoms with van der Waals surface area (Å²) in [7, 11) is 0. The molecule has 5 heteroatoms. The third-order valence-electron chi connectivity index (χ3n) is 4.21. The highest BCUT2D eigenvalue weighted by atomic mass is 32.2. The first kappa shape index (κ1) is 14.7. The van der Waals surface area contributed by atoms with Gasteiger partial charge in [-0.1, -0.05) is 12.8 Å². The van der Waals surface area contributed by atoms with Crippen LogP contribution in [0.25, 0.3) is 0 Å². The number of amidine groups is 1. The molecule has 2 N–H and O–H groups in total. The standard InChI is InChI=1S/C16H24N4S/c1-12-7-10-18-15(11-12)17-8-4-9-19-16-13-5-2-3-6-14(13)21-20-16/h7,10-11,13-14H,2-6,8-9H2,1H3,(H,17,18)(H,19,20)/t13?,14-/m0/s1. The van der Waals surface area contributed by atoms with E-state index in [9.17, 15) is 0 Å². The number of nitrogens with zero attached hydrogens (tertiary/aromatic N) is 2. The average Bonchev–Trinajstić information content (AvgIpc) is 2.90. The molecule has 1 aliphatic carbocycles. The molecule has 2 heterocycles. The fourth-order valence-corrected chi connectivity index (χ4v) is 4.24. The van der Waals surface area contributed by atoms with Crippen molar-refractivity contribution in [1.82, 2.24) is 9.71 Å². The Labute approximate surface area is 131 Å². The molecule has 1 aliphatic heterocycles. The molecule has 1 aromatic heterocycles. The second kappa shape index (κ2) is 7.16. The molecule has 1 saturated carbocycles. The Morgan fingerprint density at radius 2 is 2.33 bits per heavy atom. The van der Waals surface area contributed by atoms with Gasteiger partial charge in [0.15, 0.2) is 0 Å². The summed E-state index contributed by atoms with van der Waals surface area (Å²) in [5, 5.41) is 4.13. The number of rotatable bonds is 5. The molecular formula is C16H24N4S. The summed E-state index contributed by atoms with van der Waals surface area (Å²) in [6, 6.07) is 4.09. The fourth-order valence-electron chi connectivity index (χ4n) is 3.04. The van der Waals surface area contributed by atoms with E-state index in [1.807, 2.05) is 24.2 Å². The molecule has 0 radical (unpaired) electrons. The highest BCUT2D eigenvalue weighted by Crippen LogP contribution is 2.37. The molecule has 4 nitrogen and oxygen atoms in total. The molecule has 0 aromatic carbocycles. The number of fused-ring (bicyclic) bond motifs is 1. The van der Waals surface area contributed by atoms with E-state index in [-0.39, 0.29) is 0 Å². The number of nitrogens with one attached hydrogen (secondary N) is 2. The van der Waals surface area contributed by atoms with Gasteiger partial charge >= 0.3 is 0 Å². The van der Waals surface area contributed by atoms with Gasteiger partial charge in [-0.2, -0.15) is 0 Å². The van der Waals surface area contributed by atoms with Gasteiger partial charge in [0.1, 0.15) is 11.7 Å². The monoisotopic (exact) mass is 304 g/mol. The Hall–Kier alpha value is -1.23.